The van der Waals surface area contributed by atoms with Gasteiger partial charge in [0.15, 0.2) is 19.7 Å². The van der Waals surface area contributed by atoms with Gasteiger partial charge in [0.2, 0.25) is 5.78 Å². The first-order chi connectivity index (χ1) is 24.9. The number of esters is 2. The van der Waals surface area contributed by atoms with Gasteiger partial charge in [-0.05, 0) is 79.8 Å². The number of hydrogen-bond donors (Lipinski definition) is 2. The molecule has 296 valence electrons. The first-order valence-electron chi connectivity index (χ1n) is 19.7. The largest absolute Gasteiger partial charge is 0.541 e. The molecule has 2 aliphatic carbocycles. The van der Waals surface area contributed by atoms with Crippen LogP contribution in [0.1, 0.15) is 99.4 Å². The SMILES string of the molecule is CC[Si](CC)(CC)OCCC1OC[C@@]1(OC(C)=O)[C@@H]1/C(C)=C(/O[Si](CC)(CC)CC)C(=O)C2=C(C)[C@@H](O)C[C@@](O)([C@H]1OC(=O)c1ccccc1)C2(C)C. The van der Waals surface area contributed by atoms with Crippen molar-refractivity contribution in [1.82, 2.24) is 0 Å². The molecule has 0 saturated carbocycles. The first-order valence-corrected chi connectivity index (χ1v) is 24.8. The summed E-state index contributed by atoms with van der Waals surface area (Å²) in [4.78, 5) is 42.6. The van der Waals surface area contributed by atoms with E-state index < -0.39 is 75.2 Å². The van der Waals surface area contributed by atoms with Crippen LogP contribution in [0.5, 0.6) is 0 Å². The lowest BCUT2D eigenvalue weighted by Crippen LogP contribution is -2.73. The Morgan fingerprint density at radius 2 is 1.47 bits per heavy atom. The van der Waals surface area contributed by atoms with Crippen LogP contribution in [0, 0.1) is 11.3 Å². The van der Waals surface area contributed by atoms with Gasteiger partial charge in [-0.15, -0.1) is 0 Å². The van der Waals surface area contributed by atoms with Gasteiger partial charge in [-0.2, -0.15) is 0 Å². The maximum absolute atomic E-state index is 15.2. The van der Waals surface area contributed by atoms with E-state index in [0.717, 1.165) is 36.3 Å². The van der Waals surface area contributed by atoms with E-state index in [1.807, 2.05) is 0 Å². The van der Waals surface area contributed by atoms with Gasteiger partial charge in [-0.3, -0.25) is 9.59 Å². The Kier molecular flexibility index (Phi) is 13.5. The van der Waals surface area contributed by atoms with Crippen molar-refractivity contribution in [3.8, 4) is 0 Å². The van der Waals surface area contributed by atoms with Crippen LogP contribution in [0.15, 0.2) is 52.8 Å². The van der Waals surface area contributed by atoms with E-state index in [-0.39, 0.29) is 29.9 Å². The summed E-state index contributed by atoms with van der Waals surface area (Å²) in [6.45, 7) is 21.3. The highest BCUT2D eigenvalue weighted by Gasteiger charge is 2.69. The van der Waals surface area contributed by atoms with E-state index in [9.17, 15) is 19.8 Å². The number of carbonyl (C=O) groups is 3. The van der Waals surface area contributed by atoms with Crippen molar-refractivity contribution in [2.24, 2.45) is 11.3 Å². The molecule has 1 unspecified atom stereocenters. The molecule has 10 nitrogen and oxygen atoms in total. The van der Waals surface area contributed by atoms with Crippen molar-refractivity contribution >= 4 is 34.4 Å². The molecule has 1 saturated heterocycles. The van der Waals surface area contributed by atoms with E-state index in [1.54, 1.807) is 58.0 Å². The molecule has 0 amide bonds. The van der Waals surface area contributed by atoms with Gasteiger partial charge < -0.3 is 33.3 Å². The fourth-order valence-electron chi connectivity index (χ4n) is 9.15. The number of fused-ring (bicyclic) bond motifs is 2. The van der Waals surface area contributed by atoms with E-state index in [2.05, 4.69) is 41.5 Å². The summed E-state index contributed by atoms with van der Waals surface area (Å²) >= 11 is 0. The van der Waals surface area contributed by atoms with Crippen molar-refractivity contribution < 1.29 is 47.7 Å². The summed E-state index contributed by atoms with van der Waals surface area (Å²) in [6.07, 6.45) is -3.23. The van der Waals surface area contributed by atoms with Crippen molar-refractivity contribution in [3.63, 3.8) is 0 Å². The van der Waals surface area contributed by atoms with E-state index in [4.69, 9.17) is 23.1 Å². The molecule has 6 atom stereocenters. The quantitative estimate of drug-likeness (QED) is 0.127. The van der Waals surface area contributed by atoms with Crippen LogP contribution in [0.3, 0.4) is 0 Å². The highest BCUT2D eigenvalue weighted by molar-refractivity contribution is 6.74. The third-order valence-electron chi connectivity index (χ3n) is 13.3. The van der Waals surface area contributed by atoms with Crippen molar-refractivity contribution in [2.45, 2.75) is 155 Å². The maximum Gasteiger partial charge on any atom is 0.338 e. The predicted octanol–water partition coefficient (Wildman–Crippen LogP) is 7.66. The molecule has 53 heavy (non-hydrogen) atoms. The van der Waals surface area contributed by atoms with Crippen LogP contribution in [0.2, 0.25) is 36.3 Å². The Morgan fingerprint density at radius 3 is 1.96 bits per heavy atom. The van der Waals surface area contributed by atoms with Crippen molar-refractivity contribution in [2.75, 3.05) is 13.2 Å². The number of benzene rings is 1. The molecule has 2 N–H and O–H groups in total. The Bertz CT molecular complexity index is 1550. The van der Waals surface area contributed by atoms with Gasteiger partial charge in [0.25, 0.3) is 8.32 Å². The number of carbonyl (C=O) groups excluding carboxylic acids is 3. The zero-order valence-corrected chi connectivity index (χ0v) is 35.9. The highest BCUT2D eigenvalue weighted by atomic mass is 28.4. The number of allylic oxidation sites excluding steroid dienone is 1. The number of rotatable bonds is 16. The van der Waals surface area contributed by atoms with Crippen LogP contribution >= 0.6 is 0 Å². The number of aliphatic hydroxyl groups is 2. The zero-order valence-electron chi connectivity index (χ0n) is 33.9. The summed E-state index contributed by atoms with van der Waals surface area (Å²) in [6, 6.07) is 13.6. The Hall–Kier alpha value is -2.62. The Morgan fingerprint density at radius 1 is 0.906 bits per heavy atom. The van der Waals surface area contributed by atoms with Gasteiger partial charge in [-0.25, -0.2) is 4.79 Å². The molecule has 1 heterocycles. The zero-order chi connectivity index (χ0) is 39.6. The molecular formula is C41H64O10Si2. The number of ether oxygens (including phenoxy) is 3. The molecule has 3 aliphatic rings. The fourth-order valence-corrected chi connectivity index (χ4v) is 14.4. The Labute approximate surface area is 318 Å². The molecule has 0 aromatic heterocycles. The normalized spacial score (nSPS) is 30.2. The average molecular weight is 773 g/mol. The van der Waals surface area contributed by atoms with Crippen LogP contribution in [-0.4, -0.2) is 87.3 Å². The number of ketones is 1. The molecule has 2 bridgehead atoms. The third-order valence-corrected chi connectivity index (χ3v) is 22.5. The molecule has 1 aliphatic heterocycles. The molecule has 1 aromatic carbocycles. The van der Waals surface area contributed by atoms with E-state index >= 15 is 4.79 Å². The number of aliphatic hydroxyl groups excluding tert-OH is 1. The minimum Gasteiger partial charge on any atom is -0.541 e. The standard InChI is InChI=1S/C41H64O10Si2/c1-12-52(13-2,14-3)48-24-23-32-40(26-47-32,50-29(9)42)34-28(8)36(51-53(15-4,16-5)17-6)35(44)33-27(7)31(43)25-41(46,39(33,10)11)37(34)49-38(45)30-21-19-18-20-22-30/h18-22,31-32,34,37,43,46H,12-17,23-26H2,1-11H3/b36-28+/t31-,32?,34+,37-,40-,41+/m0/s1. The second kappa shape index (κ2) is 16.6. The van der Waals surface area contributed by atoms with E-state index in [0.29, 0.717) is 24.2 Å². The van der Waals surface area contributed by atoms with Crippen LogP contribution in [0.25, 0.3) is 0 Å². The average Bonchev–Trinajstić information content (AvgIpc) is 3.13. The molecule has 4 rings (SSSR count). The molecule has 1 fully saturated rings. The summed E-state index contributed by atoms with van der Waals surface area (Å²) in [5.74, 6) is -2.70. The third kappa shape index (κ3) is 7.65. The minimum atomic E-state index is -2.55. The summed E-state index contributed by atoms with van der Waals surface area (Å²) in [5, 5.41) is 24.9. The molecule has 0 spiro atoms. The number of hydrogen-bond acceptors (Lipinski definition) is 10. The minimum absolute atomic E-state index is 0.0727. The smallest absolute Gasteiger partial charge is 0.338 e. The van der Waals surface area contributed by atoms with Crippen LogP contribution in [-0.2, 0) is 32.7 Å². The van der Waals surface area contributed by atoms with Gasteiger partial charge >= 0.3 is 11.9 Å². The topological polar surface area (TPSA) is 138 Å². The molecular weight excluding hydrogens is 709 g/mol. The number of Topliss-reactive ketones (excluding diaryl/α,β-unsaturated/α-hetero) is 1. The van der Waals surface area contributed by atoms with Crippen LogP contribution in [0.4, 0.5) is 0 Å². The van der Waals surface area contributed by atoms with Gasteiger partial charge in [-0.1, -0.05) is 73.6 Å². The van der Waals surface area contributed by atoms with Crippen molar-refractivity contribution in [1.29, 1.82) is 0 Å². The molecule has 1 aromatic rings. The Balaban J connectivity index is 2.06. The van der Waals surface area contributed by atoms with Gasteiger partial charge in [0.1, 0.15) is 17.8 Å². The second-order valence-electron chi connectivity index (χ2n) is 15.9. The predicted molar refractivity (Wildman–Crippen MR) is 209 cm³/mol. The molecule has 0 radical (unpaired) electrons. The van der Waals surface area contributed by atoms with E-state index in [1.165, 1.54) is 6.92 Å². The second-order valence-corrected chi connectivity index (χ2v) is 25.4. The summed E-state index contributed by atoms with van der Waals surface area (Å²) in [5.41, 5.74) is -3.50. The molecule has 12 heteroatoms. The van der Waals surface area contributed by atoms with Crippen molar-refractivity contribution in [3.05, 3.63) is 58.4 Å². The lowest BCUT2D eigenvalue weighted by molar-refractivity contribution is -0.295. The summed E-state index contributed by atoms with van der Waals surface area (Å²) in [7, 11) is -4.54. The van der Waals surface area contributed by atoms with Gasteiger partial charge in [0, 0.05) is 30.9 Å². The lowest BCUT2D eigenvalue weighted by Gasteiger charge is -2.60. The summed E-state index contributed by atoms with van der Waals surface area (Å²) < 4.78 is 32.9. The maximum atomic E-state index is 15.2. The highest BCUT2D eigenvalue weighted by Crippen LogP contribution is 2.58. The monoisotopic (exact) mass is 772 g/mol. The lowest BCUT2D eigenvalue weighted by atomic mass is 9.53. The first kappa shape index (κ1) is 43.1. The van der Waals surface area contributed by atoms with Gasteiger partial charge in [0.05, 0.1) is 24.2 Å². The fraction of sp³-hybridized carbons (Fsp3) is 0.683. The van der Waals surface area contributed by atoms with Crippen LogP contribution < -0.4 is 0 Å².